The molecule has 3 aliphatic rings. The molecule has 3 N–H and O–H groups in total. The number of nitriles is 1. The van der Waals surface area contributed by atoms with Gasteiger partial charge in [-0.2, -0.15) is 15.3 Å². The zero-order valence-corrected chi connectivity index (χ0v) is 20.8. The van der Waals surface area contributed by atoms with Gasteiger partial charge in [-0.1, -0.05) is 12.6 Å². The maximum Gasteiger partial charge on any atom is 0.245 e. The number of anilines is 3. The van der Waals surface area contributed by atoms with E-state index in [0.717, 1.165) is 41.5 Å². The molecule has 6 rings (SSSR count). The van der Waals surface area contributed by atoms with E-state index < -0.39 is 0 Å². The summed E-state index contributed by atoms with van der Waals surface area (Å²) in [6.45, 7) is 11.0. The number of hydrogen-bond acceptors (Lipinski definition) is 9. The van der Waals surface area contributed by atoms with Gasteiger partial charge < -0.3 is 25.2 Å². The zero-order valence-electron chi connectivity index (χ0n) is 20.8. The SMILES string of the molecule is C=CC(=O)N1CC2(CCN(c3nc(N4CCOCC4)nc(-c4c(C)ccc5[nH]nc(N)c45)c3C#N)C2)C1. The van der Waals surface area contributed by atoms with Crippen LogP contribution in [0.5, 0.6) is 0 Å². The Morgan fingerprint density at radius 2 is 2.00 bits per heavy atom. The third kappa shape index (κ3) is 3.76. The van der Waals surface area contributed by atoms with Gasteiger partial charge in [-0.15, -0.1) is 0 Å². The van der Waals surface area contributed by atoms with Crippen LogP contribution >= 0.6 is 0 Å². The minimum Gasteiger partial charge on any atom is -0.382 e. The number of H-pyrrole nitrogens is 1. The minimum absolute atomic E-state index is 0.000549. The summed E-state index contributed by atoms with van der Waals surface area (Å²) in [5.74, 6) is 1.52. The van der Waals surface area contributed by atoms with Crippen LogP contribution in [0.4, 0.5) is 17.6 Å². The number of nitrogens with two attached hydrogens (primary N) is 1. The molecule has 3 fully saturated rings. The Balaban J connectivity index is 1.47. The fourth-order valence-electron chi connectivity index (χ4n) is 5.82. The van der Waals surface area contributed by atoms with E-state index in [4.69, 9.17) is 20.4 Å². The van der Waals surface area contributed by atoms with Gasteiger partial charge in [0, 0.05) is 50.2 Å². The molecular weight excluding hydrogens is 470 g/mol. The second kappa shape index (κ2) is 8.74. The summed E-state index contributed by atoms with van der Waals surface area (Å²) in [6, 6.07) is 6.33. The second-order valence-corrected chi connectivity index (χ2v) is 10.1. The smallest absolute Gasteiger partial charge is 0.245 e. The molecule has 1 amide bonds. The van der Waals surface area contributed by atoms with Crippen molar-refractivity contribution in [3.63, 3.8) is 0 Å². The second-order valence-electron chi connectivity index (χ2n) is 10.1. The molecule has 11 nitrogen and oxygen atoms in total. The van der Waals surface area contributed by atoms with Crippen LogP contribution in [0, 0.1) is 23.7 Å². The largest absolute Gasteiger partial charge is 0.382 e. The molecule has 0 radical (unpaired) electrons. The Morgan fingerprint density at radius 3 is 2.73 bits per heavy atom. The number of nitrogens with one attached hydrogen (secondary N) is 1. The average molecular weight is 500 g/mol. The number of amides is 1. The summed E-state index contributed by atoms with van der Waals surface area (Å²) in [4.78, 5) is 28.1. The predicted octanol–water partition coefficient (Wildman–Crippen LogP) is 1.84. The number of benzene rings is 1. The molecular formula is C26H29N9O2. The lowest BCUT2D eigenvalue weighted by molar-refractivity contribution is -0.136. The molecule has 3 saturated heterocycles. The molecule has 0 unspecified atom stereocenters. The van der Waals surface area contributed by atoms with E-state index in [2.05, 4.69) is 32.6 Å². The van der Waals surface area contributed by atoms with Crippen LogP contribution in [0.2, 0.25) is 0 Å². The highest BCUT2D eigenvalue weighted by Gasteiger charge is 2.49. The molecule has 11 heteroatoms. The number of nitrogens with zero attached hydrogens (tertiary/aromatic N) is 7. The Kier molecular flexibility index (Phi) is 5.49. The molecule has 37 heavy (non-hydrogen) atoms. The Hall–Kier alpha value is -4.17. The molecule has 1 spiro atoms. The number of carbonyl (C=O) groups is 1. The molecule has 0 atom stereocenters. The summed E-state index contributed by atoms with van der Waals surface area (Å²) in [5, 5.41) is 18.4. The minimum atomic E-state index is -0.0398. The van der Waals surface area contributed by atoms with Crippen LogP contribution in [0.1, 0.15) is 17.5 Å². The van der Waals surface area contributed by atoms with Crippen molar-refractivity contribution in [3.05, 3.63) is 35.9 Å². The molecule has 2 aromatic heterocycles. The molecule has 0 saturated carbocycles. The van der Waals surface area contributed by atoms with E-state index in [1.165, 1.54) is 6.08 Å². The van der Waals surface area contributed by atoms with Crippen LogP contribution in [0.15, 0.2) is 24.8 Å². The lowest BCUT2D eigenvalue weighted by Crippen LogP contribution is -2.59. The van der Waals surface area contributed by atoms with Gasteiger partial charge >= 0.3 is 0 Å². The van der Waals surface area contributed by atoms with E-state index in [1.54, 1.807) is 0 Å². The molecule has 0 aliphatic carbocycles. The third-order valence-electron chi connectivity index (χ3n) is 7.76. The van der Waals surface area contributed by atoms with Crippen LogP contribution in [0.25, 0.3) is 22.2 Å². The van der Waals surface area contributed by atoms with E-state index in [-0.39, 0.29) is 11.3 Å². The molecule has 3 aromatic rings. The average Bonchev–Trinajstić information content (AvgIpc) is 3.52. The monoisotopic (exact) mass is 499 g/mol. The molecule has 190 valence electrons. The Labute approximate surface area is 214 Å². The number of morpholine rings is 1. The maximum atomic E-state index is 12.0. The normalized spacial score (nSPS) is 18.8. The van der Waals surface area contributed by atoms with Gasteiger partial charge in [0.15, 0.2) is 11.6 Å². The quantitative estimate of drug-likeness (QED) is 0.515. The number of ether oxygens (including phenoxy) is 1. The summed E-state index contributed by atoms with van der Waals surface area (Å²) in [5.41, 5.74) is 9.79. The van der Waals surface area contributed by atoms with Gasteiger partial charge in [0.05, 0.1) is 29.8 Å². The molecule has 5 heterocycles. The lowest BCUT2D eigenvalue weighted by atomic mass is 9.79. The van der Waals surface area contributed by atoms with Gasteiger partial charge in [-0.3, -0.25) is 9.89 Å². The highest BCUT2D eigenvalue weighted by atomic mass is 16.5. The highest BCUT2D eigenvalue weighted by molar-refractivity contribution is 6.03. The van der Waals surface area contributed by atoms with Crippen molar-refractivity contribution in [2.75, 3.05) is 68.0 Å². The first-order chi connectivity index (χ1) is 17.9. The number of aromatic amines is 1. The van der Waals surface area contributed by atoms with Gasteiger partial charge in [-0.25, -0.2) is 4.98 Å². The summed E-state index contributed by atoms with van der Waals surface area (Å²) >= 11 is 0. The van der Waals surface area contributed by atoms with Crippen LogP contribution < -0.4 is 15.5 Å². The van der Waals surface area contributed by atoms with Crippen molar-refractivity contribution < 1.29 is 9.53 Å². The number of aryl methyl sites for hydroxylation is 1. The van der Waals surface area contributed by atoms with Crippen molar-refractivity contribution in [3.8, 4) is 17.3 Å². The summed E-state index contributed by atoms with van der Waals surface area (Å²) in [6.07, 6.45) is 2.29. The number of carbonyl (C=O) groups excluding carboxylic acids is 1. The van der Waals surface area contributed by atoms with E-state index >= 15 is 0 Å². The first-order valence-corrected chi connectivity index (χ1v) is 12.5. The van der Waals surface area contributed by atoms with Crippen LogP contribution in [0.3, 0.4) is 0 Å². The van der Waals surface area contributed by atoms with Crippen molar-refractivity contribution in [1.29, 1.82) is 5.26 Å². The molecule has 3 aliphatic heterocycles. The standard InChI is InChI=1S/C26H29N9O2/c1-3-19(36)35-14-26(15-35)6-7-34(13-26)24-17(12-27)22(29-25(30-24)33-8-10-37-11-9-33)20-16(2)4-5-18-21(20)23(28)32-31-18/h3-5H,1,6-11,13-15H2,2H3,(H3,28,31,32). The number of rotatable bonds is 4. The third-order valence-corrected chi connectivity index (χ3v) is 7.76. The van der Waals surface area contributed by atoms with Crippen molar-refractivity contribution >= 4 is 34.4 Å². The number of likely N-dealkylation sites (tertiary alicyclic amines) is 1. The fraction of sp³-hybridized carbons (Fsp3) is 0.423. The zero-order chi connectivity index (χ0) is 25.7. The topological polar surface area (TPSA) is 140 Å². The molecule has 0 bridgehead atoms. The Bertz CT molecular complexity index is 1440. The number of aromatic nitrogens is 4. The summed E-state index contributed by atoms with van der Waals surface area (Å²) in [7, 11) is 0. The van der Waals surface area contributed by atoms with Crippen molar-refractivity contribution in [2.24, 2.45) is 5.41 Å². The van der Waals surface area contributed by atoms with E-state index in [9.17, 15) is 10.1 Å². The van der Waals surface area contributed by atoms with Gasteiger partial charge in [0.1, 0.15) is 11.6 Å². The van der Waals surface area contributed by atoms with Crippen LogP contribution in [-0.2, 0) is 9.53 Å². The van der Waals surface area contributed by atoms with E-state index in [1.807, 2.05) is 24.0 Å². The number of hydrogen-bond donors (Lipinski definition) is 2. The lowest BCUT2D eigenvalue weighted by Gasteiger charge is -2.47. The number of nitrogen functional groups attached to an aromatic ring is 1. The highest BCUT2D eigenvalue weighted by Crippen LogP contribution is 2.44. The van der Waals surface area contributed by atoms with Gasteiger partial charge in [0.2, 0.25) is 11.9 Å². The van der Waals surface area contributed by atoms with Gasteiger partial charge in [0.25, 0.3) is 0 Å². The van der Waals surface area contributed by atoms with Crippen molar-refractivity contribution in [1.82, 2.24) is 25.1 Å². The maximum absolute atomic E-state index is 12.0. The van der Waals surface area contributed by atoms with Gasteiger partial charge in [-0.05, 0) is 31.1 Å². The number of fused-ring (bicyclic) bond motifs is 1. The predicted molar refractivity (Wildman–Crippen MR) is 140 cm³/mol. The van der Waals surface area contributed by atoms with Crippen molar-refractivity contribution in [2.45, 2.75) is 13.3 Å². The van der Waals surface area contributed by atoms with Crippen LogP contribution in [-0.4, -0.2) is 83.5 Å². The fourth-order valence-corrected chi connectivity index (χ4v) is 5.82. The first-order valence-electron chi connectivity index (χ1n) is 12.5. The summed E-state index contributed by atoms with van der Waals surface area (Å²) < 4.78 is 5.55. The van der Waals surface area contributed by atoms with E-state index in [0.29, 0.717) is 68.2 Å². The Morgan fingerprint density at radius 1 is 1.22 bits per heavy atom. The first kappa shape index (κ1) is 23.2. The molecule has 1 aromatic carbocycles.